The standard InChI is InChI=1S/C13H12Br2N2O/c1-2-17-13(11(15)8-16-17)12(18)7-9-3-5-10(14)6-4-9/h3-6,8H,2,7H2,1H3. The van der Waals surface area contributed by atoms with Crippen LogP contribution in [0.5, 0.6) is 0 Å². The van der Waals surface area contributed by atoms with Crippen molar-refractivity contribution >= 4 is 37.6 Å². The molecule has 0 bridgehead atoms. The lowest BCUT2D eigenvalue weighted by Crippen LogP contribution is -2.12. The molecule has 94 valence electrons. The van der Waals surface area contributed by atoms with Crippen molar-refractivity contribution in [2.45, 2.75) is 19.9 Å². The summed E-state index contributed by atoms with van der Waals surface area (Å²) in [6.07, 6.45) is 2.05. The predicted molar refractivity (Wildman–Crippen MR) is 77.8 cm³/mol. The fourth-order valence-electron chi connectivity index (χ4n) is 1.75. The topological polar surface area (TPSA) is 34.9 Å². The Hall–Kier alpha value is -0.940. The first-order valence-corrected chi connectivity index (χ1v) is 7.19. The number of hydrogen-bond acceptors (Lipinski definition) is 2. The molecule has 18 heavy (non-hydrogen) atoms. The van der Waals surface area contributed by atoms with Crippen molar-refractivity contribution in [3.8, 4) is 0 Å². The summed E-state index contributed by atoms with van der Waals surface area (Å²) >= 11 is 6.75. The van der Waals surface area contributed by atoms with Gasteiger partial charge in [-0.05, 0) is 40.5 Å². The molecule has 2 aromatic rings. The number of carbonyl (C=O) groups excluding carboxylic acids is 1. The van der Waals surface area contributed by atoms with Crippen LogP contribution in [0.2, 0.25) is 0 Å². The van der Waals surface area contributed by atoms with E-state index in [9.17, 15) is 4.79 Å². The molecular formula is C13H12Br2N2O. The molecule has 0 aliphatic carbocycles. The van der Waals surface area contributed by atoms with E-state index in [-0.39, 0.29) is 5.78 Å². The van der Waals surface area contributed by atoms with E-state index in [4.69, 9.17) is 0 Å². The van der Waals surface area contributed by atoms with Gasteiger partial charge >= 0.3 is 0 Å². The lowest BCUT2D eigenvalue weighted by Gasteiger charge is -2.05. The summed E-state index contributed by atoms with van der Waals surface area (Å²) in [4.78, 5) is 12.3. The molecule has 5 heteroatoms. The van der Waals surface area contributed by atoms with Crippen LogP contribution in [-0.4, -0.2) is 15.6 Å². The van der Waals surface area contributed by atoms with Crippen LogP contribution in [0.25, 0.3) is 0 Å². The highest BCUT2D eigenvalue weighted by atomic mass is 79.9. The molecule has 0 saturated carbocycles. The highest BCUT2D eigenvalue weighted by molar-refractivity contribution is 9.10. The molecule has 0 aliphatic rings. The quantitative estimate of drug-likeness (QED) is 0.765. The Morgan fingerprint density at radius 2 is 1.94 bits per heavy atom. The van der Waals surface area contributed by atoms with E-state index in [2.05, 4.69) is 37.0 Å². The number of aromatic nitrogens is 2. The number of carbonyl (C=O) groups is 1. The molecule has 1 aromatic heterocycles. The summed E-state index contributed by atoms with van der Waals surface area (Å²) in [6.45, 7) is 2.66. The molecule has 0 atom stereocenters. The van der Waals surface area contributed by atoms with E-state index in [0.29, 0.717) is 18.7 Å². The second kappa shape index (κ2) is 5.80. The van der Waals surface area contributed by atoms with Crippen molar-refractivity contribution in [2.75, 3.05) is 0 Å². The number of rotatable bonds is 4. The van der Waals surface area contributed by atoms with Crippen LogP contribution in [0.3, 0.4) is 0 Å². The first-order chi connectivity index (χ1) is 8.61. The SMILES string of the molecule is CCn1ncc(Br)c1C(=O)Cc1ccc(Br)cc1. The maximum atomic E-state index is 12.3. The molecule has 0 aliphatic heterocycles. The molecular weight excluding hydrogens is 360 g/mol. The third-order valence-corrected chi connectivity index (χ3v) is 3.75. The normalized spacial score (nSPS) is 10.6. The van der Waals surface area contributed by atoms with E-state index in [1.165, 1.54) is 0 Å². The van der Waals surface area contributed by atoms with Crippen molar-refractivity contribution in [3.63, 3.8) is 0 Å². The molecule has 0 radical (unpaired) electrons. The number of hydrogen-bond donors (Lipinski definition) is 0. The van der Waals surface area contributed by atoms with Gasteiger partial charge in [-0.2, -0.15) is 5.10 Å². The zero-order valence-corrected chi connectivity index (χ0v) is 13.0. The smallest absolute Gasteiger partial charge is 0.186 e. The molecule has 1 heterocycles. The van der Waals surface area contributed by atoms with Gasteiger partial charge in [0.15, 0.2) is 5.78 Å². The van der Waals surface area contributed by atoms with Crippen molar-refractivity contribution in [1.29, 1.82) is 0 Å². The number of ketones is 1. The Balaban J connectivity index is 2.21. The van der Waals surface area contributed by atoms with E-state index in [0.717, 1.165) is 14.5 Å². The average molecular weight is 372 g/mol. The van der Waals surface area contributed by atoms with Gasteiger partial charge in [0.05, 0.1) is 10.7 Å². The van der Waals surface area contributed by atoms with Crippen molar-refractivity contribution < 1.29 is 4.79 Å². The van der Waals surface area contributed by atoms with Crippen LogP contribution in [-0.2, 0) is 13.0 Å². The number of aryl methyl sites for hydroxylation is 1. The molecule has 1 aromatic carbocycles. The second-order valence-corrected chi connectivity index (χ2v) is 5.65. The van der Waals surface area contributed by atoms with Crippen LogP contribution in [0, 0.1) is 0 Å². The number of halogens is 2. The van der Waals surface area contributed by atoms with Gasteiger partial charge < -0.3 is 0 Å². The molecule has 0 spiro atoms. The fraction of sp³-hybridized carbons (Fsp3) is 0.231. The first kappa shape index (κ1) is 13.5. The summed E-state index contributed by atoms with van der Waals surface area (Å²) in [5.74, 6) is 0.0727. The van der Waals surface area contributed by atoms with E-state index in [1.807, 2.05) is 31.2 Å². The Morgan fingerprint density at radius 3 is 2.56 bits per heavy atom. The van der Waals surface area contributed by atoms with Gasteiger partial charge in [0.1, 0.15) is 5.69 Å². The summed E-state index contributed by atoms with van der Waals surface area (Å²) in [6, 6.07) is 7.77. The second-order valence-electron chi connectivity index (χ2n) is 3.88. The predicted octanol–water partition coefficient (Wildman–Crippen LogP) is 3.85. The van der Waals surface area contributed by atoms with Gasteiger partial charge in [0.25, 0.3) is 0 Å². The van der Waals surface area contributed by atoms with E-state index < -0.39 is 0 Å². The third kappa shape index (κ3) is 2.90. The lowest BCUT2D eigenvalue weighted by molar-refractivity contribution is 0.0982. The first-order valence-electron chi connectivity index (χ1n) is 5.60. The summed E-state index contributed by atoms with van der Waals surface area (Å²) in [5.41, 5.74) is 1.64. The maximum absolute atomic E-state index is 12.3. The van der Waals surface area contributed by atoms with Crippen LogP contribution < -0.4 is 0 Å². The highest BCUT2D eigenvalue weighted by Crippen LogP contribution is 2.19. The summed E-state index contributed by atoms with van der Waals surface area (Å²) in [5, 5.41) is 4.15. The minimum absolute atomic E-state index is 0.0727. The molecule has 0 amide bonds. The van der Waals surface area contributed by atoms with Crippen LogP contribution in [0.15, 0.2) is 39.4 Å². The largest absolute Gasteiger partial charge is 0.292 e. The summed E-state index contributed by atoms with van der Waals surface area (Å²) in [7, 11) is 0. The minimum atomic E-state index is 0.0727. The molecule has 0 N–H and O–H groups in total. The van der Waals surface area contributed by atoms with Gasteiger partial charge in [-0.15, -0.1) is 0 Å². The number of benzene rings is 1. The van der Waals surface area contributed by atoms with Crippen LogP contribution in [0.4, 0.5) is 0 Å². The monoisotopic (exact) mass is 370 g/mol. The minimum Gasteiger partial charge on any atom is -0.292 e. The Labute approximate surface area is 122 Å². The third-order valence-electron chi connectivity index (χ3n) is 2.64. The highest BCUT2D eigenvalue weighted by Gasteiger charge is 2.16. The number of Topliss-reactive ketones (excluding diaryl/α,β-unsaturated/α-hetero) is 1. The Kier molecular flexibility index (Phi) is 4.35. The molecule has 0 fully saturated rings. The van der Waals surface area contributed by atoms with Crippen molar-refractivity contribution in [1.82, 2.24) is 9.78 Å². The van der Waals surface area contributed by atoms with Gasteiger partial charge in [-0.25, -0.2) is 0 Å². The zero-order valence-electron chi connectivity index (χ0n) is 9.86. The van der Waals surface area contributed by atoms with Crippen molar-refractivity contribution in [3.05, 3.63) is 50.7 Å². The van der Waals surface area contributed by atoms with E-state index in [1.54, 1.807) is 10.9 Å². The molecule has 0 unspecified atom stereocenters. The zero-order chi connectivity index (χ0) is 13.1. The summed E-state index contributed by atoms with van der Waals surface area (Å²) < 4.78 is 3.48. The van der Waals surface area contributed by atoms with Gasteiger partial charge in [-0.1, -0.05) is 28.1 Å². The van der Waals surface area contributed by atoms with Gasteiger partial charge in [0.2, 0.25) is 0 Å². The Bertz CT molecular complexity index is 561. The van der Waals surface area contributed by atoms with Gasteiger partial charge in [0, 0.05) is 17.4 Å². The molecule has 0 saturated heterocycles. The van der Waals surface area contributed by atoms with Crippen LogP contribution in [0.1, 0.15) is 23.0 Å². The molecule has 3 nitrogen and oxygen atoms in total. The number of nitrogens with zero attached hydrogens (tertiary/aromatic N) is 2. The fourth-order valence-corrected chi connectivity index (χ4v) is 2.53. The van der Waals surface area contributed by atoms with Crippen molar-refractivity contribution in [2.24, 2.45) is 0 Å². The Morgan fingerprint density at radius 1 is 1.28 bits per heavy atom. The molecule has 2 rings (SSSR count). The van der Waals surface area contributed by atoms with Gasteiger partial charge in [-0.3, -0.25) is 9.48 Å². The lowest BCUT2D eigenvalue weighted by atomic mass is 10.1. The van der Waals surface area contributed by atoms with E-state index >= 15 is 0 Å². The average Bonchev–Trinajstić information content (AvgIpc) is 2.73. The van der Waals surface area contributed by atoms with Crippen LogP contribution >= 0.6 is 31.9 Å². The maximum Gasteiger partial charge on any atom is 0.186 e.